The highest BCUT2D eigenvalue weighted by molar-refractivity contribution is 7.07. The topological polar surface area (TPSA) is 91.2 Å². The molecule has 4 aromatic rings. The van der Waals surface area contributed by atoms with E-state index >= 15 is 0 Å². The Hall–Kier alpha value is -3.80. The molecule has 1 aliphatic heterocycles. The number of hydrogen-bond acceptors (Lipinski definition) is 7. The quantitative estimate of drug-likeness (QED) is 0.160. The zero-order valence-corrected chi connectivity index (χ0v) is 20.2. The molecular formula is C23H12Cl2F2N4O4S. The summed E-state index contributed by atoms with van der Waals surface area (Å²) in [6, 6.07) is 10.5. The molecule has 5 rings (SSSR count). The highest BCUT2D eigenvalue weighted by atomic mass is 35.5. The monoisotopic (exact) mass is 548 g/mol. The van der Waals surface area contributed by atoms with Gasteiger partial charge in [0.1, 0.15) is 11.5 Å². The molecule has 0 fully saturated rings. The number of nitrogens with zero attached hydrogens (tertiary/aromatic N) is 4. The van der Waals surface area contributed by atoms with Crippen LogP contribution in [0.4, 0.5) is 20.2 Å². The van der Waals surface area contributed by atoms with Crippen LogP contribution in [-0.4, -0.2) is 22.6 Å². The summed E-state index contributed by atoms with van der Waals surface area (Å²) in [7, 11) is 0. The molecule has 0 saturated carbocycles. The van der Waals surface area contributed by atoms with Crippen molar-refractivity contribution in [2.24, 2.45) is 10.1 Å². The fourth-order valence-corrected chi connectivity index (χ4v) is 4.72. The van der Waals surface area contributed by atoms with Crippen LogP contribution in [0.2, 0.25) is 10.0 Å². The Labute approximate surface area is 215 Å². The number of ether oxygens (including phenoxy) is 2. The van der Waals surface area contributed by atoms with Crippen LogP contribution in [-0.2, 0) is 0 Å². The zero-order chi connectivity index (χ0) is 25.4. The Bertz CT molecular complexity index is 1620. The molecule has 0 atom stereocenters. The van der Waals surface area contributed by atoms with Gasteiger partial charge in [-0.25, -0.2) is 18.4 Å². The van der Waals surface area contributed by atoms with Crippen molar-refractivity contribution in [3.05, 3.63) is 96.1 Å². The summed E-state index contributed by atoms with van der Waals surface area (Å²) in [4.78, 5) is 15.5. The van der Waals surface area contributed by atoms with E-state index in [1.807, 2.05) is 0 Å². The SMILES string of the molecule is O=[N+]([O-])c1cc2c(cc1C=Nn1c(-c3ccc(Cl)cc3Cl)csc1=Nc1ccc(F)cc1F)OCO2. The molecule has 0 amide bonds. The molecule has 0 saturated heterocycles. The van der Waals surface area contributed by atoms with E-state index in [2.05, 4.69) is 10.1 Å². The summed E-state index contributed by atoms with van der Waals surface area (Å²) in [6.07, 6.45) is 1.25. The van der Waals surface area contributed by atoms with Gasteiger partial charge in [-0.3, -0.25) is 10.1 Å². The maximum atomic E-state index is 14.3. The summed E-state index contributed by atoms with van der Waals surface area (Å²) >= 11 is 13.5. The number of rotatable bonds is 5. The Morgan fingerprint density at radius 3 is 2.58 bits per heavy atom. The summed E-state index contributed by atoms with van der Waals surface area (Å²) in [6.45, 7) is -0.0577. The van der Waals surface area contributed by atoms with E-state index in [4.69, 9.17) is 32.7 Å². The number of aromatic nitrogens is 1. The number of benzene rings is 3. The fourth-order valence-electron chi connectivity index (χ4n) is 3.37. The van der Waals surface area contributed by atoms with Crippen molar-refractivity contribution in [3.8, 4) is 22.8 Å². The molecule has 0 spiro atoms. The number of thiazole rings is 1. The minimum absolute atomic E-state index is 0.0577. The molecule has 0 bridgehead atoms. The second kappa shape index (κ2) is 9.69. The van der Waals surface area contributed by atoms with E-state index in [9.17, 15) is 18.9 Å². The van der Waals surface area contributed by atoms with Crippen LogP contribution in [0.25, 0.3) is 11.3 Å². The van der Waals surface area contributed by atoms with Gasteiger partial charge in [0.15, 0.2) is 17.3 Å². The zero-order valence-electron chi connectivity index (χ0n) is 17.8. The lowest BCUT2D eigenvalue weighted by molar-refractivity contribution is -0.385. The van der Waals surface area contributed by atoms with Gasteiger partial charge in [0.2, 0.25) is 11.6 Å². The molecular weight excluding hydrogens is 537 g/mol. The summed E-state index contributed by atoms with van der Waals surface area (Å²) < 4.78 is 39.6. The number of nitro benzene ring substituents is 1. The Morgan fingerprint density at radius 1 is 1.08 bits per heavy atom. The standard InChI is InChI=1S/C23H12Cl2F2N4O4S/c24-13-1-3-15(16(25)6-13)20-10-36-23(29-18-4-2-14(26)7-17(18)27)30(20)28-9-12-5-21-22(35-11-34-21)8-19(12)31(32)33/h1-10H,11H2. The molecule has 2 heterocycles. The van der Waals surface area contributed by atoms with Gasteiger partial charge in [0.25, 0.3) is 5.69 Å². The Morgan fingerprint density at radius 2 is 1.86 bits per heavy atom. The average molecular weight is 549 g/mol. The second-order valence-electron chi connectivity index (χ2n) is 7.31. The van der Waals surface area contributed by atoms with Gasteiger partial charge in [-0.15, -0.1) is 11.3 Å². The summed E-state index contributed by atoms with van der Waals surface area (Å²) in [5.41, 5.74) is 0.756. The van der Waals surface area contributed by atoms with Crippen molar-refractivity contribution in [2.75, 3.05) is 6.79 Å². The van der Waals surface area contributed by atoms with Crippen LogP contribution < -0.4 is 14.3 Å². The largest absolute Gasteiger partial charge is 0.454 e. The molecule has 1 aromatic heterocycles. The van der Waals surface area contributed by atoms with Crippen LogP contribution >= 0.6 is 34.5 Å². The minimum Gasteiger partial charge on any atom is -0.454 e. The van der Waals surface area contributed by atoms with Crippen molar-refractivity contribution in [1.82, 2.24) is 4.68 Å². The first-order valence-electron chi connectivity index (χ1n) is 10.1. The van der Waals surface area contributed by atoms with Gasteiger partial charge in [0, 0.05) is 22.0 Å². The first kappa shape index (κ1) is 23.9. The minimum atomic E-state index is -0.864. The lowest BCUT2D eigenvalue weighted by Crippen LogP contribution is -2.12. The number of hydrogen-bond donors (Lipinski definition) is 0. The van der Waals surface area contributed by atoms with Crippen molar-refractivity contribution in [1.29, 1.82) is 0 Å². The summed E-state index contributed by atoms with van der Waals surface area (Å²) in [5, 5.41) is 18.5. The number of fused-ring (bicyclic) bond motifs is 1. The molecule has 8 nitrogen and oxygen atoms in total. The van der Waals surface area contributed by atoms with Gasteiger partial charge in [-0.2, -0.15) is 5.10 Å². The van der Waals surface area contributed by atoms with Gasteiger partial charge in [-0.1, -0.05) is 23.2 Å². The van der Waals surface area contributed by atoms with Crippen LogP contribution in [0.5, 0.6) is 11.5 Å². The lowest BCUT2D eigenvalue weighted by Gasteiger charge is -2.07. The van der Waals surface area contributed by atoms with Crippen LogP contribution in [0.3, 0.4) is 0 Å². The predicted molar refractivity (Wildman–Crippen MR) is 132 cm³/mol. The Balaban J connectivity index is 1.69. The van der Waals surface area contributed by atoms with Gasteiger partial charge < -0.3 is 9.47 Å². The third-order valence-corrected chi connectivity index (χ3v) is 6.41. The fraction of sp³-hybridized carbons (Fsp3) is 0.0435. The van der Waals surface area contributed by atoms with Crippen LogP contribution in [0.15, 0.2) is 64.0 Å². The van der Waals surface area contributed by atoms with E-state index in [0.717, 1.165) is 17.4 Å². The van der Waals surface area contributed by atoms with E-state index < -0.39 is 16.6 Å². The average Bonchev–Trinajstić information content (AvgIpc) is 3.45. The predicted octanol–water partition coefficient (Wildman–Crippen LogP) is 6.55. The van der Waals surface area contributed by atoms with Gasteiger partial charge in [-0.05, 0) is 36.4 Å². The van der Waals surface area contributed by atoms with Crippen molar-refractivity contribution in [3.63, 3.8) is 0 Å². The lowest BCUT2D eigenvalue weighted by atomic mass is 10.1. The van der Waals surface area contributed by atoms with E-state index in [1.54, 1.807) is 23.6 Å². The molecule has 3 aromatic carbocycles. The second-order valence-corrected chi connectivity index (χ2v) is 8.99. The molecule has 0 radical (unpaired) electrons. The molecule has 0 N–H and O–H groups in total. The van der Waals surface area contributed by atoms with E-state index in [-0.39, 0.29) is 34.3 Å². The van der Waals surface area contributed by atoms with Crippen LogP contribution in [0, 0.1) is 21.7 Å². The van der Waals surface area contributed by atoms with Crippen LogP contribution in [0.1, 0.15) is 5.56 Å². The van der Waals surface area contributed by atoms with Crippen molar-refractivity contribution < 1.29 is 23.2 Å². The maximum absolute atomic E-state index is 14.3. The number of halogens is 4. The first-order chi connectivity index (χ1) is 17.3. The molecule has 36 heavy (non-hydrogen) atoms. The molecule has 0 unspecified atom stereocenters. The normalized spacial score (nSPS) is 13.1. The first-order valence-corrected chi connectivity index (χ1v) is 11.7. The third-order valence-electron chi connectivity index (χ3n) is 5.05. The summed E-state index contributed by atoms with van der Waals surface area (Å²) in [5.74, 6) is -1.03. The number of nitro groups is 1. The molecule has 1 aliphatic rings. The maximum Gasteiger partial charge on any atom is 0.282 e. The van der Waals surface area contributed by atoms with E-state index in [0.29, 0.717) is 33.1 Å². The molecule has 182 valence electrons. The highest BCUT2D eigenvalue weighted by Crippen LogP contribution is 2.37. The molecule has 13 heteroatoms. The Kier molecular flexibility index (Phi) is 6.44. The smallest absolute Gasteiger partial charge is 0.282 e. The van der Waals surface area contributed by atoms with Gasteiger partial charge in [0.05, 0.1) is 33.5 Å². The van der Waals surface area contributed by atoms with Crippen molar-refractivity contribution >= 4 is 52.1 Å². The molecule has 0 aliphatic carbocycles. The van der Waals surface area contributed by atoms with E-state index in [1.165, 1.54) is 29.1 Å². The van der Waals surface area contributed by atoms with Gasteiger partial charge >= 0.3 is 0 Å². The third kappa shape index (κ3) is 4.68. The van der Waals surface area contributed by atoms with Crippen molar-refractivity contribution in [2.45, 2.75) is 0 Å². The highest BCUT2D eigenvalue weighted by Gasteiger charge is 2.23.